The quantitative estimate of drug-likeness (QED) is 0.212. The number of carbonyl (C=O) groups is 4. The summed E-state index contributed by atoms with van der Waals surface area (Å²) in [4.78, 5) is 53.2. The number of piperidine rings is 1. The van der Waals surface area contributed by atoms with Gasteiger partial charge < -0.3 is 24.2 Å². The highest BCUT2D eigenvalue weighted by molar-refractivity contribution is 6.02. The van der Waals surface area contributed by atoms with Crippen LogP contribution in [-0.4, -0.2) is 78.9 Å². The number of esters is 1. The molecule has 1 fully saturated rings. The zero-order valence-corrected chi connectivity index (χ0v) is 26.0. The Kier molecular flexibility index (Phi) is 13.0. The normalized spacial score (nSPS) is 17.5. The number of amides is 2. The predicted octanol–water partition coefficient (Wildman–Crippen LogP) is 4.78. The molecule has 0 spiro atoms. The van der Waals surface area contributed by atoms with Crippen LogP contribution in [0.15, 0.2) is 54.6 Å². The highest BCUT2D eigenvalue weighted by atomic mass is 16.6. The molecule has 2 amide bonds. The molecule has 0 radical (unpaired) electrons. The minimum Gasteiger partial charge on any atom is -0.489 e. The topological polar surface area (TPSA) is 135 Å². The molecule has 2 heterocycles. The van der Waals surface area contributed by atoms with E-state index < -0.39 is 36.5 Å². The summed E-state index contributed by atoms with van der Waals surface area (Å²) in [5.41, 5.74) is 1.36. The Labute approximate surface area is 264 Å². The Morgan fingerprint density at radius 3 is 2.42 bits per heavy atom. The van der Waals surface area contributed by atoms with Crippen molar-refractivity contribution in [2.45, 2.75) is 77.0 Å². The van der Waals surface area contributed by atoms with E-state index in [-0.39, 0.29) is 25.9 Å². The fraction of sp³-hybridized carbons (Fsp3) is 0.529. The number of likely N-dealkylation sites (tertiary alicyclic amines) is 1. The molecule has 1 saturated heterocycles. The van der Waals surface area contributed by atoms with Gasteiger partial charge in [-0.25, -0.2) is 4.79 Å². The molecule has 0 bridgehead atoms. The molecule has 2 N–H and O–H groups in total. The lowest BCUT2D eigenvalue weighted by Crippen LogP contribution is -2.54. The fourth-order valence-corrected chi connectivity index (χ4v) is 5.88. The second kappa shape index (κ2) is 17.4. The highest BCUT2D eigenvalue weighted by Gasteiger charge is 2.35. The Morgan fingerprint density at radius 1 is 0.978 bits per heavy atom. The summed E-state index contributed by atoms with van der Waals surface area (Å²) in [5, 5.41) is 12.6. The Hall–Kier alpha value is -4.12. The van der Waals surface area contributed by atoms with Crippen molar-refractivity contribution in [2.24, 2.45) is 5.92 Å². The summed E-state index contributed by atoms with van der Waals surface area (Å²) >= 11 is 0. The maximum atomic E-state index is 13.4. The van der Waals surface area contributed by atoms with Gasteiger partial charge in [0.1, 0.15) is 37.6 Å². The number of rotatable bonds is 15. The first-order valence-electron chi connectivity index (χ1n) is 16.0. The lowest BCUT2D eigenvalue weighted by Gasteiger charge is -2.31. The number of carbonyl (C=O) groups excluding carboxylic acids is 3. The van der Waals surface area contributed by atoms with Crippen LogP contribution < -0.4 is 15.0 Å². The summed E-state index contributed by atoms with van der Waals surface area (Å²) in [6.07, 6.45) is 7.04. The number of hydrogen-bond acceptors (Lipinski definition) is 8. The van der Waals surface area contributed by atoms with Gasteiger partial charge in [-0.2, -0.15) is 0 Å². The van der Waals surface area contributed by atoms with Gasteiger partial charge in [-0.15, -0.1) is 0 Å². The molecule has 0 saturated carbocycles. The van der Waals surface area contributed by atoms with Crippen LogP contribution >= 0.6 is 0 Å². The van der Waals surface area contributed by atoms with E-state index in [1.165, 1.54) is 4.90 Å². The Balaban J connectivity index is 1.18. The molecule has 45 heavy (non-hydrogen) atoms. The number of carboxylic acid groups (broad SMARTS) is 1. The number of carboxylic acids is 1. The van der Waals surface area contributed by atoms with Gasteiger partial charge >= 0.3 is 18.0 Å². The molecule has 0 aromatic heterocycles. The fourth-order valence-electron chi connectivity index (χ4n) is 5.88. The Bertz CT molecular complexity index is 1270. The van der Waals surface area contributed by atoms with Crippen LogP contribution in [0.2, 0.25) is 0 Å². The van der Waals surface area contributed by atoms with E-state index >= 15 is 0 Å². The number of unbranched alkanes of at least 4 members (excludes halogenated alkanes) is 3. The van der Waals surface area contributed by atoms with Crippen molar-refractivity contribution in [3.63, 3.8) is 0 Å². The number of para-hydroxylation sites is 2. The van der Waals surface area contributed by atoms with E-state index in [0.717, 1.165) is 50.5 Å². The molecule has 2 aromatic rings. The molecule has 0 unspecified atom stereocenters. The van der Waals surface area contributed by atoms with E-state index in [9.17, 15) is 24.3 Å². The van der Waals surface area contributed by atoms with Gasteiger partial charge in [-0.05, 0) is 49.8 Å². The van der Waals surface area contributed by atoms with Crippen molar-refractivity contribution in [1.29, 1.82) is 0 Å². The van der Waals surface area contributed by atoms with Crippen molar-refractivity contribution in [3.8, 4) is 5.75 Å². The maximum Gasteiger partial charge on any atom is 0.410 e. The van der Waals surface area contributed by atoms with E-state index in [1.54, 1.807) is 36.1 Å². The largest absolute Gasteiger partial charge is 0.489 e. The molecular formula is C34H45N3O8. The van der Waals surface area contributed by atoms with Gasteiger partial charge in [-0.1, -0.05) is 74.6 Å². The minimum atomic E-state index is -1.15. The first-order valence-corrected chi connectivity index (χ1v) is 16.0. The highest BCUT2D eigenvalue weighted by Crippen LogP contribution is 2.31. The van der Waals surface area contributed by atoms with Crippen molar-refractivity contribution in [2.75, 3.05) is 37.7 Å². The van der Waals surface area contributed by atoms with Crippen molar-refractivity contribution in [1.82, 2.24) is 10.2 Å². The third kappa shape index (κ3) is 10.2. The van der Waals surface area contributed by atoms with Gasteiger partial charge in [0.15, 0.2) is 0 Å². The van der Waals surface area contributed by atoms with Crippen LogP contribution in [0.25, 0.3) is 0 Å². The third-order valence-electron chi connectivity index (χ3n) is 8.33. The van der Waals surface area contributed by atoms with Gasteiger partial charge in [-0.3, -0.25) is 24.6 Å². The molecule has 2 aliphatic rings. The van der Waals surface area contributed by atoms with Crippen LogP contribution in [0.1, 0.15) is 63.9 Å². The van der Waals surface area contributed by atoms with Gasteiger partial charge in [0, 0.05) is 13.1 Å². The number of nitrogens with zero attached hydrogens (tertiary/aromatic N) is 2. The van der Waals surface area contributed by atoms with E-state index in [4.69, 9.17) is 14.2 Å². The lowest BCUT2D eigenvalue weighted by molar-refractivity contribution is -0.146. The second-order valence-electron chi connectivity index (χ2n) is 11.6. The van der Waals surface area contributed by atoms with Crippen LogP contribution in [-0.2, 0) is 30.5 Å². The molecule has 2 aliphatic heterocycles. The standard InChI is InChI=1S/C34H45N3O8/c1-2-43-33(41)27(35-28-24-44-30-17-11-10-16-29(30)37(32(28)40)22-31(38)39)15-9-4-3-6-12-25-18-20-36(21-19-25)34(42)45-23-26-13-7-5-8-14-26/h5,7-8,10-11,13-14,16-17,25,27-28,35H,2-4,6,9,12,15,18-24H2,1H3,(H,38,39)/t27-,28-/m0/s1. The number of fused-ring (bicyclic) bond motifs is 1. The van der Waals surface area contributed by atoms with E-state index in [2.05, 4.69) is 5.32 Å². The van der Waals surface area contributed by atoms with Crippen molar-refractivity contribution < 1.29 is 38.5 Å². The molecule has 11 heteroatoms. The number of nitrogens with one attached hydrogen (secondary N) is 1. The molecule has 11 nitrogen and oxygen atoms in total. The number of ether oxygens (including phenoxy) is 3. The summed E-state index contributed by atoms with van der Waals surface area (Å²) in [6, 6.07) is 14.8. The molecular weight excluding hydrogens is 578 g/mol. The van der Waals surface area contributed by atoms with Crippen LogP contribution in [0.5, 0.6) is 5.75 Å². The van der Waals surface area contributed by atoms with E-state index in [0.29, 0.717) is 36.9 Å². The minimum absolute atomic E-state index is 0.0363. The second-order valence-corrected chi connectivity index (χ2v) is 11.6. The zero-order valence-electron chi connectivity index (χ0n) is 26.0. The third-order valence-corrected chi connectivity index (χ3v) is 8.33. The average molecular weight is 624 g/mol. The van der Waals surface area contributed by atoms with Gasteiger partial charge in [0.25, 0.3) is 0 Å². The van der Waals surface area contributed by atoms with Gasteiger partial charge in [0.05, 0.1) is 12.3 Å². The number of benzene rings is 2. The van der Waals surface area contributed by atoms with Crippen LogP contribution in [0, 0.1) is 5.92 Å². The summed E-state index contributed by atoms with van der Waals surface area (Å²) < 4.78 is 16.6. The average Bonchev–Trinajstić information content (AvgIpc) is 3.17. The van der Waals surface area contributed by atoms with E-state index in [1.807, 2.05) is 30.3 Å². The first kappa shape index (κ1) is 33.8. The lowest BCUT2D eigenvalue weighted by atomic mass is 9.91. The summed E-state index contributed by atoms with van der Waals surface area (Å²) in [7, 11) is 0. The molecule has 244 valence electrons. The predicted molar refractivity (Wildman–Crippen MR) is 168 cm³/mol. The smallest absolute Gasteiger partial charge is 0.410 e. The zero-order chi connectivity index (χ0) is 32.0. The number of hydrogen-bond donors (Lipinski definition) is 2. The monoisotopic (exact) mass is 623 g/mol. The number of aliphatic carboxylic acids is 1. The molecule has 2 atom stereocenters. The molecule has 0 aliphatic carbocycles. The van der Waals surface area contributed by atoms with Crippen LogP contribution in [0.3, 0.4) is 0 Å². The Morgan fingerprint density at radius 2 is 1.69 bits per heavy atom. The summed E-state index contributed by atoms with van der Waals surface area (Å²) in [5.74, 6) is -1.06. The van der Waals surface area contributed by atoms with Crippen molar-refractivity contribution in [3.05, 3.63) is 60.2 Å². The summed E-state index contributed by atoms with van der Waals surface area (Å²) in [6.45, 7) is 3.11. The van der Waals surface area contributed by atoms with Gasteiger partial charge in [0.2, 0.25) is 5.91 Å². The number of anilines is 1. The first-order chi connectivity index (χ1) is 21.9. The maximum absolute atomic E-state index is 13.4. The molecule has 4 rings (SSSR count). The SMILES string of the molecule is CCOC(=O)[C@H](CCCCCCC1CCN(C(=O)OCc2ccccc2)CC1)N[C@H]1COc2ccccc2N(CC(=O)O)C1=O. The molecule has 2 aromatic carbocycles. The van der Waals surface area contributed by atoms with Crippen molar-refractivity contribution >= 4 is 29.6 Å². The van der Waals surface area contributed by atoms with Crippen LogP contribution in [0.4, 0.5) is 10.5 Å².